The first kappa shape index (κ1) is 24.0. The van der Waals surface area contributed by atoms with Crippen molar-refractivity contribution in [3.63, 3.8) is 0 Å². The lowest BCUT2D eigenvalue weighted by Crippen LogP contribution is -2.28. The number of benzene rings is 1. The van der Waals surface area contributed by atoms with Gasteiger partial charge in [0.25, 0.3) is 0 Å². The Hall–Kier alpha value is -3.63. The maximum Gasteiger partial charge on any atom is 0.449 e. The number of ether oxygens (including phenoxy) is 2. The van der Waals surface area contributed by atoms with Gasteiger partial charge in [0.15, 0.2) is 6.10 Å². The van der Waals surface area contributed by atoms with Gasteiger partial charge in [-0.3, -0.25) is 9.59 Å². The average molecular weight is 465 g/mol. The number of ketones is 1. The molecule has 0 aliphatic heterocycles. The van der Waals surface area contributed by atoms with Crippen LogP contribution < -0.4 is 0 Å². The highest BCUT2D eigenvalue weighted by Crippen LogP contribution is 2.31. The fourth-order valence-corrected chi connectivity index (χ4v) is 3.58. The SMILES string of the molecule is CCOC(=O)c1c(C)[nH]c(C(=O)[C@H](C)OC(=O)Cn2c(C(F)(F)F)nc3ccccc32)c1C. The average Bonchev–Trinajstić information content (AvgIpc) is 3.24. The number of carbonyl (C=O) groups is 3. The molecule has 0 amide bonds. The number of H-pyrrole nitrogens is 1. The van der Waals surface area contributed by atoms with Gasteiger partial charge in [-0.05, 0) is 45.4 Å². The Morgan fingerprint density at radius 1 is 1.18 bits per heavy atom. The molecule has 2 aromatic heterocycles. The van der Waals surface area contributed by atoms with Gasteiger partial charge in [-0.25, -0.2) is 9.78 Å². The van der Waals surface area contributed by atoms with Crippen LogP contribution in [-0.2, 0) is 27.0 Å². The fourth-order valence-electron chi connectivity index (χ4n) is 3.58. The summed E-state index contributed by atoms with van der Waals surface area (Å²) in [6.07, 6.45) is -6.10. The minimum atomic E-state index is -4.79. The van der Waals surface area contributed by atoms with E-state index >= 15 is 0 Å². The Labute approximate surface area is 186 Å². The molecule has 0 spiro atoms. The topological polar surface area (TPSA) is 103 Å². The molecular weight excluding hydrogens is 443 g/mol. The Morgan fingerprint density at radius 3 is 2.48 bits per heavy atom. The molecular formula is C22H22F3N3O5. The van der Waals surface area contributed by atoms with Gasteiger partial charge in [-0.15, -0.1) is 0 Å². The second-order valence-corrected chi connectivity index (χ2v) is 7.35. The van der Waals surface area contributed by atoms with E-state index in [1.807, 2.05) is 0 Å². The van der Waals surface area contributed by atoms with Crippen LogP contribution in [0.25, 0.3) is 11.0 Å². The number of aromatic amines is 1. The zero-order chi connectivity index (χ0) is 24.5. The minimum Gasteiger partial charge on any atom is -0.462 e. The van der Waals surface area contributed by atoms with E-state index in [0.717, 1.165) is 0 Å². The molecule has 0 fully saturated rings. The molecule has 0 saturated heterocycles. The summed E-state index contributed by atoms with van der Waals surface area (Å²) in [4.78, 5) is 43.8. The molecule has 0 aliphatic rings. The zero-order valence-corrected chi connectivity index (χ0v) is 18.4. The maximum absolute atomic E-state index is 13.4. The molecule has 0 aliphatic carbocycles. The lowest BCUT2D eigenvalue weighted by atomic mass is 10.1. The summed E-state index contributed by atoms with van der Waals surface area (Å²) in [5.41, 5.74) is 1.19. The molecule has 0 bridgehead atoms. The summed E-state index contributed by atoms with van der Waals surface area (Å²) < 4.78 is 51.1. The predicted molar refractivity (Wildman–Crippen MR) is 111 cm³/mol. The smallest absolute Gasteiger partial charge is 0.449 e. The summed E-state index contributed by atoms with van der Waals surface area (Å²) in [6.45, 7) is 5.46. The first-order chi connectivity index (χ1) is 15.5. The Morgan fingerprint density at radius 2 is 1.85 bits per heavy atom. The van der Waals surface area contributed by atoms with Gasteiger partial charge < -0.3 is 19.0 Å². The quantitative estimate of drug-likeness (QED) is 0.418. The van der Waals surface area contributed by atoms with Crippen LogP contribution >= 0.6 is 0 Å². The van der Waals surface area contributed by atoms with Crippen LogP contribution in [0, 0.1) is 13.8 Å². The third kappa shape index (κ3) is 4.76. The van der Waals surface area contributed by atoms with Crippen molar-refractivity contribution in [2.75, 3.05) is 6.61 Å². The van der Waals surface area contributed by atoms with E-state index in [2.05, 4.69) is 9.97 Å². The van der Waals surface area contributed by atoms with E-state index in [9.17, 15) is 27.6 Å². The van der Waals surface area contributed by atoms with Crippen LogP contribution in [-0.4, -0.2) is 45.0 Å². The van der Waals surface area contributed by atoms with Crippen LogP contribution in [0.15, 0.2) is 24.3 Å². The van der Waals surface area contributed by atoms with Crippen molar-refractivity contribution in [1.29, 1.82) is 0 Å². The number of aryl methyl sites for hydroxylation is 1. The van der Waals surface area contributed by atoms with E-state index < -0.39 is 42.4 Å². The monoisotopic (exact) mass is 465 g/mol. The molecule has 1 N–H and O–H groups in total. The van der Waals surface area contributed by atoms with Crippen LogP contribution in [0.5, 0.6) is 0 Å². The van der Waals surface area contributed by atoms with Crippen molar-refractivity contribution in [2.45, 2.75) is 46.5 Å². The lowest BCUT2D eigenvalue weighted by Gasteiger charge is -2.14. The van der Waals surface area contributed by atoms with Crippen molar-refractivity contribution in [2.24, 2.45) is 0 Å². The summed E-state index contributed by atoms with van der Waals surface area (Å²) in [7, 11) is 0. The van der Waals surface area contributed by atoms with Crippen LogP contribution in [0.2, 0.25) is 0 Å². The van der Waals surface area contributed by atoms with Gasteiger partial charge in [-0.2, -0.15) is 13.2 Å². The molecule has 11 heteroatoms. The fraction of sp³-hybridized carbons (Fsp3) is 0.364. The summed E-state index contributed by atoms with van der Waals surface area (Å²) in [5.74, 6) is -3.52. The highest BCUT2D eigenvalue weighted by atomic mass is 19.4. The van der Waals surface area contributed by atoms with Crippen LogP contribution in [0.4, 0.5) is 13.2 Å². The number of Topliss-reactive ketones (excluding diaryl/α,β-unsaturated/α-hetero) is 1. The minimum absolute atomic E-state index is 0.0555. The van der Waals surface area contributed by atoms with Gasteiger partial charge >= 0.3 is 18.1 Å². The van der Waals surface area contributed by atoms with Gasteiger partial charge in [0.05, 0.1) is 28.9 Å². The number of aromatic nitrogens is 3. The summed E-state index contributed by atoms with van der Waals surface area (Å²) >= 11 is 0. The third-order valence-electron chi connectivity index (χ3n) is 5.04. The largest absolute Gasteiger partial charge is 0.462 e. The first-order valence-corrected chi connectivity index (χ1v) is 10.1. The predicted octanol–water partition coefficient (Wildman–Crippen LogP) is 3.99. The number of para-hydroxylation sites is 2. The Kier molecular flexibility index (Phi) is 6.61. The van der Waals surface area contributed by atoms with E-state index in [0.29, 0.717) is 15.8 Å². The van der Waals surface area contributed by atoms with Crippen molar-refractivity contribution < 1.29 is 37.0 Å². The number of fused-ring (bicyclic) bond motifs is 1. The first-order valence-electron chi connectivity index (χ1n) is 10.1. The molecule has 0 saturated carbocycles. The van der Waals surface area contributed by atoms with Crippen molar-refractivity contribution in [1.82, 2.24) is 14.5 Å². The van der Waals surface area contributed by atoms with Crippen molar-refractivity contribution in [3.8, 4) is 0 Å². The molecule has 3 aromatic rings. The van der Waals surface area contributed by atoms with Crippen molar-refractivity contribution in [3.05, 3.63) is 52.6 Å². The molecule has 3 rings (SSSR count). The number of rotatable bonds is 7. The number of carbonyl (C=O) groups excluding carboxylic acids is 3. The van der Waals surface area contributed by atoms with E-state index in [-0.39, 0.29) is 28.9 Å². The molecule has 0 radical (unpaired) electrons. The maximum atomic E-state index is 13.4. The number of imidazole rings is 1. The molecule has 1 atom stereocenters. The van der Waals surface area contributed by atoms with Crippen LogP contribution in [0.1, 0.15) is 51.8 Å². The number of nitrogens with zero attached hydrogens (tertiary/aromatic N) is 2. The van der Waals surface area contributed by atoms with Gasteiger partial charge in [0.1, 0.15) is 6.54 Å². The van der Waals surface area contributed by atoms with Crippen molar-refractivity contribution >= 4 is 28.8 Å². The summed E-state index contributed by atoms with van der Waals surface area (Å²) in [6, 6.07) is 5.86. The number of alkyl halides is 3. The number of hydrogen-bond donors (Lipinski definition) is 1. The zero-order valence-electron chi connectivity index (χ0n) is 18.4. The lowest BCUT2D eigenvalue weighted by molar-refractivity contribution is -0.152. The number of esters is 2. The van der Waals surface area contributed by atoms with E-state index in [1.54, 1.807) is 20.8 Å². The molecule has 8 nitrogen and oxygen atoms in total. The highest BCUT2D eigenvalue weighted by Gasteiger charge is 2.38. The molecule has 33 heavy (non-hydrogen) atoms. The standard InChI is InChI=1S/C22H22F3N3O5/c1-5-32-20(31)17-11(2)18(26-12(17)3)19(30)13(4)33-16(29)10-28-15-9-7-6-8-14(15)27-21(28)22(23,24)25/h6-9,13,26H,5,10H2,1-4H3/t13-/m0/s1. The number of nitrogens with one attached hydrogen (secondary N) is 1. The Bertz CT molecular complexity index is 1230. The highest BCUT2D eigenvalue weighted by molar-refractivity contribution is 6.04. The van der Waals surface area contributed by atoms with E-state index in [4.69, 9.17) is 9.47 Å². The molecule has 2 heterocycles. The van der Waals surface area contributed by atoms with E-state index in [1.165, 1.54) is 31.2 Å². The Balaban J connectivity index is 1.81. The normalized spacial score (nSPS) is 12.6. The molecule has 0 unspecified atom stereocenters. The second-order valence-electron chi connectivity index (χ2n) is 7.35. The van der Waals surface area contributed by atoms with Gasteiger partial charge in [-0.1, -0.05) is 12.1 Å². The summed E-state index contributed by atoms with van der Waals surface area (Å²) in [5, 5.41) is 0. The third-order valence-corrected chi connectivity index (χ3v) is 5.04. The molecule has 1 aromatic carbocycles. The second kappa shape index (κ2) is 9.08. The molecule has 176 valence electrons. The number of halogens is 3. The van der Waals surface area contributed by atoms with Gasteiger partial charge in [0.2, 0.25) is 11.6 Å². The van der Waals surface area contributed by atoms with Crippen LogP contribution in [0.3, 0.4) is 0 Å². The van der Waals surface area contributed by atoms with Gasteiger partial charge in [0, 0.05) is 5.69 Å². The number of hydrogen-bond acceptors (Lipinski definition) is 6.